The summed E-state index contributed by atoms with van der Waals surface area (Å²) in [6, 6.07) is 3.88. The number of ether oxygens (including phenoxy) is 1. The van der Waals surface area contributed by atoms with Crippen molar-refractivity contribution in [2.45, 2.75) is 18.9 Å². The van der Waals surface area contributed by atoms with Crippen molar-refractivity contribution < 1.29 is 13.9 Å². The van der Waals surface area contributed by atoms with Crippen LogP contribution in [0.5, 0.6) is 0 Å². The van der Waals surface area contributed by atoms with Crippen LogP contribution in [0.1, 0.15) is 18.4 Å². The Bertz CT molecular complexity index is 521. The molecule has 0 bridgehead atoms. The van der Waals surface area contributed by atoms with E-state index in [9.17, 15) is 9.18 Å². The molecular weight excluding hydrogens is 267 g/mol. The topological polar surface area (TPSA) is 55.6 Å². The summed E-state index contributed by atoms with van der Waals surface area (Å²) in [6.07, 6.45) is 1.58. The van der Waals surface area contributed by atoms with Crippen LogP contribution < -0.4 is 10.6 Å². The third kappa shape index (κ3) is 2.68. The Morgan fingerprint density at radius 3 is 2.95 bits per heavy atom. The van der Waals surface area contributed by atoms with Crippen LogP contribution in [0.2, 0.25) is 0 Å². The van der Waals surface area contributed by atoms with Gasteiger partial charge in [-0.1, -0.05) is 12.2 Å². The molecule has 1 aliphatic rings. The fourth-order valence-electron chi connectivity index (χ4n) is 2.39. The van der Waals surface area contributed by atoms with Crippen LogP contribution in [-0.4, -0.2) is 30.7 Å². The molecule has 0 amide bonds. The Labute approximate surface area is 116 Å². The van der Waals surface area contributed by atoms with Gasteiger partial charge in [-0.25, -0.2) is 9.18 Å². The molecule has 19 heavy (non-hydrogen) atoms. The van der Waals surface area contributed by atoms with Crippen LogP contribution in [0.15, 0.2) is 18.2 Å². The molecule has 1 aromatic rings. The number of nitrogens with zero attached hydrogens (tertiary/aromatic N) is 1. The van der Waals surface area contributed by atoms with Gasteiger partial charge in [0, 0.05) is 17.8 Å². The number of benzene rings is 1. The van der Waals surface area contributed by atoms with E-state index in [-0.39, 0.29) is 17.0 Å². The molecule has 1 aromatic carbocycles. The molecule has 102 valence electrons. The van der Waals surface area contributed by atoms with Crippen LogP contribution in [0.3, 0.4) is 0 Å². The third-order valence-corrected chi connectivity index (χ3v) is 3.48. The Morgan fingerprint density at radius 2 is 2.32 bits per heavy atom. The molecule has 0 aliphatic carbocycles. The summed E-state index contributed by atoms with van der Waals surface area (Å²) >= 11 is 4.95. The lowest BCUT2D eigenvalue weighted by Gasteiger charge is -2.26. The zero-order valence-electron chi connectivity index (χ0n) is 10.6. The van der Waals surface area contributed by atoms with Gasteiger partial charge in [0.1, 0.15) is 16.8 Å². The van der Waals surface area contributed by atoms with E-state index in [0.717, 1.165) is 6.42 Å². The minimum atomic E-state index is -0.402. The third-order valence-electron chi connectivity index (χ3n) is 3.26. The first-order valence-electron chi connectivity index (χ1n) is 5.98. The van der Waals surface area contributed by atoms with Gasteiger partial charge in [-0.3, -0.25) is 0 Å². The number of methoxy groups -OCH3 is 1. The van der Waals surface area contributed by atoms with Crippen molar-refractivity contribution in [3.05, 3.63) is 29.6 Å². The maximum absolute atomic E-state index is 13.3. The molecular formula is C13H15FN2O2S. The van der Waals surface area contributed by atoms with Crippen LogP contribution in [-0.2, 0) is 9.53 Å². The summed E-state index contributed by atoms with van der Waals surface area (Å²) < 4.78 is 18.1. The second-order valence-electron chi connectivity index (χ2n) is 4.40. The lowest BCUT2D eigenvalue weighted by molar-refractivity contribution is -0.141. The van der Waals surface area contributed by atoms with Crippen LogP contribution in [0.4, 0.5) is 10.1 Å². The number of anilines is 1. The van der Waals surface area contributed by atoms with Gasteiger partial charge in [-0.05, 0) is 31.0 Å². The molecule has 0 spiro atoms. The average Bonchev–Trinajstić information content (AvgIpc) is 2.86. The highest BCUT2D eigenvalue weighted by Crippen LogP contribution is 2.29. The Morgan fingerprint density at radius 1 is 1.58 bits per heavy atom. The maximum Gasteiger partial charge on any atom is 0.328 e. The number of carbonyl (C=O) groups excluding carboxylic acids is 1. The van der Waals surface area contributed by atoms with E-state index >= 15 is 0 Å². The van der Waals surface area contributed by atoms with Crippen molar-refractivity contribution in [2.75, 3.05) is 18.6 Å². The van der Waals surface area contributed by atoms with Crippen molar-refractivity contribution in [1.82, 2.24) is 0 Å². The number of carbonyl (C=O) groups is 1. The van der Waals surface area contributed by atoms with Gasteiger partial charge in [0.15, 0.2) is 0 Å². The molecule has 1 unspecified atom stereocenters. The Balaban J connectivity index is 2.40. The molecule has 2 rings (SSSR count). The fraction of sp³-hybridized carbons (Fsp3) is 0.385. The minimum Gasteiger partial charge on any atom is -0.467 e. The quantitative estimate of drug-likeness (QED) is 0.674. The van der Waals surface area contributed by atoms with Gasteiger partial charge in [-0.2, -0.15) is 0 Å². The van der Waals surface area contributed by atoms with E-state index in [1.807, 2.05) is 4.90 Å². The van der Waals surface area contributed by atoms with E-state index in [2.05, 4.69) is 0 Å². The van der Waals surface area contributed by atoms with Crippen molar-refractivity contribution in [1.29, 1.82) is 0 Å². The number of nitrogens with two attached hydrogens (primary N) is 1. The molecule has 1 heterocycles. The first-order chi connectivity index (χ1) is 9.04. The van der Waals surface area contributed by atoms with Gasteiger partial charge in [-0.15, -0.1) is 0 Å². The second kappa shape index (κ2) is 5.52. The molecule has 0 saturated carbocycles. The van der Waals surface area contributed by atoms with Gasteiger partial charge < -0.3 is 15.4 Å². The number of halogens is 1. The Kier molecular flexibility index (Phi) is 3.99. The summed E-state index contributed by atoms with van der Waals surface area (Å²) in [6.45, 7) is 0.695. The molecule has 1 saturated heterocycles. The number of hydrogen-bond donors (Lipinski definition) is 1. The molecule has 6 heteroatoms. The summed E-state index contributed by atoms with van der Waals surface area (Å²) in [4.78, 5) is 13.7. The van der Waals surface area contributed by atoms with E-state index in [0.29, 0.717) is 24.2 Å². The minimum absolute atomic E-state index is 0.116. The first kappa shape index (κ1) is 13.7. The smallest absolute Gasteiger partial charge is 0.328 e. The van der Waals surface area contributed by atoms with Crippen LogP contribution >= 0.6 is 12.2 Å². The monoisotopic (exact) mass is 282 g/mol. The van der Waals surface area contributed by atoms with Crippen molar-refractivity contribution in [3.8, 4) is 0 Å². The first-order valence-corrected chi connectivity index (χ1v) is 6.39. The highest BCUT2D eigenvalue weighted by Gasteiger charge is 2.33. The van der Waals surface area contributed by atoms with Crippen LogP contribution in [0.25, 0.3) is 0 Å². The highest BCUT2D eigenvalue weighted by molar-refractivity contribution is 7.80. The van der Waals surface area contributed by atoms with E-state index in [4.69, 9.17) is 22.7 Å². The molecule has 1 fully saturated rings. The predicted molar refractivity (Wildman–Crippen MR) is 74.7 cm³/mol. The summed E-state index contributed by atoms with van der Waals surface area (Å²) in [5, 5.41) is 0. The zero-order valence-corrected chi connectivity index (χ0v) is 11.4. The van der Waals surface area contributed by atoms with E-state index in [1.54, 1.807) is 6.07 Å². The van der Waals surface area contributed by atoms with Crippen molar-refractivity contribution in [2.24, 2.45) is 5.73 Å². The molecule has 0 aromatic heterocycles. The fourth-order valence-corrected chi connectivity index (χ4v) is 2.56. The molecule has 4 nitrogen and oxygen atoms in total. The number of hydrogen-bond acceptors (Lipinski definition) is 4. The second-order valence-corrected chi connectivity index (χ2v) is 4.84. The van der Waals surface area contributed by atoms with E-state index in [1.165, 1.54) is 19.2 Å². The van der Waals surface area contributed by atoms with Crippen molar-refractivity contribution in [3.63, 3.8) is 0 Å². The van der Waals surface area contributed by atoms with Gasteiger partial charge in [0.25, 0.3) is 0 Å². The van der Waals surface area contributed by atoms with Gasteiger partial charge in [0.2, 0.25) is 0 Å². The standard InChI is InChI=1S/C13H15FN2O2S/c1-18-13(17)11-3-2-6-16(11)10-5-4-8(14)7-9(10)12(15)19/h4-5,7,11H,2-3,6H2,1H3,(H2,15,19). The van der Waals surface area contributed by atoms with Gasteiger partial charge in [0.05, 0.1) is 7.11 Å². The summed E-state index contributed by atoms with van der Waals surface area (Å²) in [5.41, 5.74) is 6.76. The predicted octanol–water partition coefficient (Wildman–Crippen LogP) is 1.60. The van der Waals surface area contributed by atoms with Crippen LogP contribution in [0, 0.1) is 5.82 Å². The summed E-state index contributed by atoms with van der Waals surface area (Å²) in [5.74, 6) is -0.698. The van der Waals surface area contributed by atoms with E-state index < -0.39 is 5.82 Å². The number of thiocarbonyl (C=S) groups is 1. The van der Waals surface area contributed by atoms with Crippen molar-refractivity contribution >= 4 is 28.9 Å². The highest BCUT2D eigenvalue weighted by atomic mass is 32.1. The van der Waals surface area contributed by atoms with Gasteiger partial charge >= 0.3 is 5.97 Å². The Hall–Kier alpha value is -1.69. The number of rotatable bonds is 3. The maximum atomic E-state index is 13.3. The zero-order chi connectivity index (χ0) is 14.0. The largest absolute Gasteiger partial charge is 0.467 e. The normalized spacial score (nSPS) is 18.4. The lowest BCUT2D eigenvalue weighted by Crippen LogP contribution is -2.38. The SMILES string of the molecule is COC(=O)C1CCCN1c1ccc(F)cc1C(N)=S. The lowest BCUT2D eigenvalue weighted by atomic mass is 10.1. The molecule has 1 aliphatic heterocycles. The molecule has 0 radical (unpaired) electrons. The molecule has 2 N–H and O–H groups in total. The molecule has 1 atom stereocenters. The summed E-state index contributed by atoms with van der Waals surface area (Å²) in [7, 11) is 1.36. The average molecular weight is 282 g/mol. The number of esters is 1.